The van der Waals surface area contributed by atoms with Gasteiger partial charge in [-0.1, -0.05) is 6.07 Å². The minimum Gasteiger partial charge on any atom is -0.326 e. The molecule has 0 saturated heterocycles. The van der Waals surface area contributed by atoms with Gasteiger partial charge in [-0.2, -0.15) is 5.10 Å². The van der Waals surface area contributed by atoms with Crippen LogP contribution in [0.15, 0.2) is 41.5 Å². The minimum atomic E-state index is 0.0512. The Labute approximate surface area is 118 Å². The molecule has 3 heterocycles. The van der Waals surface area contributed by atoms with Crippen LogP contribution in [0, 0.1) is 0 Å². The fourth-order valence-electron chi connectivity index (χ4n) is 2.33. The van der Waals surface area contributed by atoms with E-state index in [0.29, 0.717) is 6.42 Å². The number of thiazole rings is 1. The fraction of sp³-hybridized carbons (Fsp3) is 0.0714. The van der Waals surface area contributed by atoms with Gasteiger partial charge in [-0.15, -0.1) is 11.3 Å². The van der Waals surface area contributed by atoms with Crippen LogP contribution in [0.5, 0.6) is 0 Å². The number of rotatable bonds is 2. The lowest BCUT2D eigenvalue weighted by atomic mass is 10.0. The number of anilines is 1. The first-order valence-electron chi connectivity index (χ1n) is 6.16. The number of carbonyl (C=O) groups excluding carboxylic acids is 1. The first-order valence-corrected chi connectivity index (χ1v) is 7.10. The van der Waals surface area contributed by atoms with Crippen molar-refractivity contribution < 1.29 is 4.79 Å². The third-order valence-corrected chi connectivity index (χ3v) is 3.87. The summed E-state index contributed by atoms with van der Waals surface area (Å²) in [7, 11) is 0. The second-order valence-electron chi connectivity index (χ2n) is 4.62. The molecule has 0 spiro atoms. The smallest absolute Gasteiger partial charge is 0.228 e. The van der Waals surface area contributed by atoms with E-state index in [9.17, 15) is 4.79 Å². The largest absolute Gasteiger partial charge is 0.326 e. The van der Waals surface area contributed by atoms with Crippen LogP contribution in [0.1, 0.15) is 5.56 Å². The van der Waals surface area contributed by atoms with Crippen molar-refractivity contribution in [1.29, 1.82) is 0 Å². The zero-order chi connectivity index (χ0) is 13.5. The summed E-state index contributed by atoms with van der Waals surface area (Å²) in [6.07, 6.45) is 4.20. The standard InChI is InChI=1S/C14H10N4OS/c19-14-4-10-3-9(1-2-12(10)17-14)11-5-16-18(6-11)13-7-20-8-15-13/h1-3,5-8H,4H2,(H,17,19). The van der Waals surface area contributed by atoms with E-state index in [1.807, 2.05) is 36.0 Å². The summed E-state index contributed by atoms with van der Waals surface area (Å²) in [5.74, 6) is 0.870. The van der Waals surface area contributed by atoms with Gasteiger partial charge in [0.2, 0.25) is 5.91 Å². The summed E-state index contributed by atoms with van der Waals surface area (Å²) in [6.45, 7) is 0. The second-order valence-corrected chi connectivity index (χ2v) is 5.34. The van der Waals surface area contributed by atoms with Crippen molar-refractivity contribution in [2.45, 2.75) is 6.42 Å². The zero-order valence-corrected chi connectivity index (χ0v) is 11.2. The highest BCUT2D eigenvalue weighted by Gasteiger charge is 2.18. The van der Waals surface area contributed by atoms with E-state index in [0.717, 1.165) is 28.2 Å². The highest BCUT2D eigenvalue weighted by atomic mass is 32.1. The first kappa shape index (κ1) is 11.4. The van der Waals surface area contributed by atoms with E-state index >= 15 is 0 Å². The van der Waals surface area contributed by atoms with Gasteiger partial charge < -0.3 is 5.32 Å². The van der Waals surface area contributed by atoms with Crippen LogP contribution in [0.25, 0.3) is 16.9 Å². The van der Waals surface area contributed by atoms with Crippen molar-refractivity contribution in [1.82, 2.24) is 14.8 Å². The molecule has 1 N–H and O–H groups in total. The van der Waals surface area contributed by atoms with Gasteiger partial charge in [-0.05, 0) is 23.3 Å². The molecule has 1 aliphatic rings. The van der Waals surface area contributed by atoms with Crippen LogP contribution in [0.2, 0.25) is 0 Å². The monoisotopic (exact) mass is 282 g/mol. The maximum absolute atomic E-state index is 11.4. The number of fused-ring (bicyclic) bond motifs is 1. The van der Waals surface area contributed by atoms with Crippen molar-refractivity contribution in [3.8, 4) is 16.9 Å². The third-order valence-electron chi connectivity index (χ3n) is 3.30. The summed E-state index contributed by atoms with van der Waals surface area (Å²) >= 11 is 1.54. The zero-order valence-electron chi connectivity index (χ0n) is 10.4. The molecule has 0 fully saturated rings. The molecule has 3 aromatic rings. The molecule has 5 nitrogen and oxygen atoms in total. The van der Waals surface area contributed by atoms with Gasteiger partial charge in [0.1, 0.15) is 0 Å². The molecule has 1 amide bonds. The maximum Gasteiger partial charge on any atom is 0.228 e. The molecule has 0 radical (unpaired) electrons. The second kappa shape index (κ2) is 4.28. The predicted molar refractivity (Wildman–Crippen MR) is 77.0 cm³/mol. The van der Waals surface area contributed by atoms with Crippen LogP contribution in [0.3, 0.4) is 0 Å². The average molecular weight is 282 g/mol. The lowest BCUT2D eigenvalue weighted by Crippen LogP contribution is -2.03. The molecule has 0 saturated carbocycles. The Hall–Kier alpha value is -2.47. The molecule has 20 heavy (non-hydrogen) atoms. The molecule has 1 aromatic carbocycles. The summed E-state index contributed by atoms with van der Waals surface area (Å²) in [4.78, 5) is 15.6. The van der Waals surface area contributed by atoms with Gasteiger partial charge in [0, 0.05) is 22.8 Å². The quantitative estimate of drug-likeness (QED) is 0.785. The van der Waals surface area contributed by atoms with Crippen LogP contribution >= 0.6 is 11.3 Å². The average Bonchev–Trinajstić information content (AvgIpc) is 3.17. The van der Waals surface area contributed by atoms with E-state index < -0.39 is 0 Å². The number of benzene rings is 1. The number of aromatic nitrogens is 3. The lowest BCUT2D eigenvalue weighted by Gasteiger charge is -2.01. The first-order chi connectivity index (χ1) is 9.79. The summed E-state index contributed by atoms with van der Waals surface area (Å²) < 4.78 is 1.75. The van der Waals surface area contributed by atoms with Gasteiger partial charge in [-0.3, -0.25) is 4.79 Å². The van der Waals surface area contributed by atoms with Crippen molar-refractivity contribution in [3.05, 3.63) is 47.0 Å². The highest BCUT2D eigenvalue weighted by Crippen LogP contribution is 2.29. The Morgan fingerprint density at radius 2 is 2.25 bits per heavy atom. The molecule has 0 bridgehead atoms. The summed E-state index contributed by atoms with van der Waals surface area (Å²) in [6, 6.07) is 5.97. The summed E-state index contributed by atoms with van der Waals surface area (Å²) in [5, 5.41) is 9.10. The fourth-order valence-corrected chi connectivity index (χ4v) is 2.85. The van der Waals surface area contributed by atoms with E-state index in [2.05, 4.69) is 15.4 Å². The lowest BCUT2D eigenvalue weighted by molar-refractivity contribution is -0.115. The van der Waals surface area contributed by atoms with E-state index in [1.165, 1.54) is 11.3 Å². The molecular weight excluding hydrogens is 272 g/mol. The molecular formula is C14H10N4OS. The topological polar surface area (TPSA) is 59.8 Å². The van der Waals surface area contributed by atoms with Crippen LogP contribution in [-0.2, 0) is 11.2 Å². The van der Waals surface area contributed by atoms with Crippen molar-refractivity contribution in [3.63, 3.8) is 0 Å². The van der Waals surface area contributed by atoms with Gasteiger partial charge in [0.15, 0.2) is 5.82 Å². The molecule has 98 valence electrons. The SMILES string of the molecule is O=C1Cc2cc(-c3cnn(-c4cscn4)c3)ccc2N1. The Kier molecular flexibility index (Phi) is 2.43. The van der Waals surface area contributed by atoms with Crippen molar-refractivity contribution >= 4 is 22.9 Å². The number of hydrogen-bond donors (Lipinski definition) is 1. The number of nitrogens with one attached hydrogen (secondary N) is 1. The molecule has 0 aliphatic carbocycles. The minimum absolute atomic E-state index is 0.0512. The third kappa shape index (κ3) is 1.81. The number of amides is 1. The molecule has 2 aromatic heterocycles. The Morgan fingerprint density at radius 3 is 3.10 bits per heavy atom. The van der Waals surface area contributed by atoms with E-state index in [1.54, 1.807) is 10.2 Å². The van der Waals surface area contributed by atoms with Gasteiger partial charge in [0.25, 0.3) is 0 Å². The normalized spacial score (nSPS) is 13.3. The number of hydrogen-bond acceptors (Lipinski definition) is 4. The maximum atomic E-state index is 11.4. The Balaban J connectivity index is 1.72. The predicted octanol–water partition coefficient (Wildman–Crippen LogP) is 2.49. The molecule has 6 heteroatoms. The molecule has 0 unspecified atom stereocenters. The molecule has 0 atom stereocenters. The molecule has 4 rings (SSSR count). The van der Waals surface area contributed by atoms with Crippen LogP contribution in [-0.4, -0.2) is 20.7 Å². The Bertz CT molecular complexity index is 791. The van der Waals surface area contributed by atoms with E-state index in [-0.39, 0.29) is 5.91 Å². The van der Waals surface area contributed by atoms with Gasteiger partial charge >= 0.3 is 0 Å². The summed E-state index contributed by atoms with van der Waals surface area (Å²) in [5.41, 5.74) is 5.80. The highest BCUT2D eigenvalue weighted by molar-refractivity contribution is 7.07. The van der Waals surface area contributed by atoms with Crippen LogP contribution < -0.4 is 5.32 Å². The number of nitrogens with zero attached hydrogens (tertiary/aromatic N) is 3. The molecule has 1 aliphatic heterocycles. The van der Waals surface area contributed by atoms with Gasteiger partial charge in [-0.25, -0.2) is 9.67 Å². The van der Waals surface area contributed by atoms with Crippen molar-refractivity contribution in [2.75, 3.05) is 5.32 Å². The van der Waals surface area contributed by atoms with Crippen molar-refractivity contribution in [2.24, 2.45) is 0 Å². The van der Waals surface area contributed by atoms with E-state index in [4.69, 9.17) is 0 Å². The van der Waals surface area contributed by atoms with Crippen LogP contribution in [0.4, 0.5) is 5.69 Å². The van der Waals surface area contributed by atoms with Gasteiger partial charge in [0.05, 0.1) is 18.1 Å². The number of carbonyl (C=O) groups is 1. The Morgan fingerprint density at radius 1 is 1.30 bits per heavy atom.